The van der Waals surface area contributed by atoms with E-state index in [1.807, 2.05) is 30.3 Å². The molecule has 0 aliphatic rings. The summed E-state index contributed by atoms with van der Waals surface area (Å²) in [7, 11) is 0. The number of rotatable bonds is 5. The van der Waals surface area contributed by atoms with E-state index < -0.39 is 23.4 Å². The van der Waals surface area contributed by atoms with Crippen LogP contribution in [0, 0.1) is 0 Å². The first-order valence-electron chi connectivity index (χ1n) is 7.35. The number of nitrogens with one attached hydrogen (secondary N) is 1. The van der Waals surface area contributed by atoms with Crippen molar-refractivity contribution in [1.29, 1.82) is 0 Å². The van der Waals surface area contributed by atoms with Crippen molar-refractivity contribution in [2.45, 2.75) is 0 Å². The molecule has 130 valence electrons. The summed E-state index contributed by atoms with van der Waals surface area (Å²) in [5.74, 6) is -3.95. The molecule has 1 amide bonds. The van der Waals surface area contributed by atoms with Gasteiger partial charge in [0.15, 0.2) is 5.13 Å². The first-order chi connectivity index (χ1) is 12.5. The molecular formula is C18H10N2O5S-2. The fourth-order valence-electron chi connectivity index (χ4n) is 2.28. The molecule has 0 bridgehead atoms. The highest BCUT2D eigenvalue weighted by molar-refractivity contribution is 7.14. The maximum Gasteiger partial charge on any atom is 0.258 e. The van der Waals surface area contributed by atoms with Crippen LogP contribution in [-0.2, 0) is 0 Å². The van der Waals surface area contributed by atoms with E-state index >= 15 is 0 Å². The van der Waals surface area contributed by atoms with Crippen LogP contribution in [0.25, 0.3) is 11.3 Å². The second-order valence-electron chi connectivity index (χ2n) is 5.19. The maximum absolute atomic E-state index is 12.4. The number of hydrogen-bond donors (Lipinski definition) is 1. The van der Waals surface area contributed by atoms with Crippen molar-refractivity contribution in [2.24, 2.45) is 0 Å². The van der Waals surface area contributed by atoms with E-state index in [1.165, 1.54) is 11.3 Å². The zero-order valence-electron chi connectivity index (χ0n) is 13.1. The number of benzene rings is 2. The van der Waals surface area contributed by atoms with Crippen molar-refractivity contribution in [1.82, 2.24) is 4.98 Å². The minimum atomic E-state index is -1.66. The molecule has 3 aromatic rings. The van der Waals surface area contributed by atoms with Crippen LogP contribution in [0.4, 0.5) is 5.13 Å². The molecule has 0 radical (unpaired) electrons. The third-order valence-electron chi connectivity index (χ3n) is 3.51. The number of carbonyl (C=O) groups is 3. The predicted molar refractivity (Wildman–Crippen MR) is 90.6 cm³/mol. The van der Waals surface area contributed by atoms with Crippen molar-refractivity contribution in [3.8, 4) is 11.3 Å². The fourth-order valence-corrected chi connectivity index (χ4v) is 2.99. The van der Waals surface area contributed by atoms with Crippen molar-refractivity contribution in [3.63, 3.8) is 0 Å². The van der Waals surface area contributed by atoms with E-state index in [0.717, 1.165) is 23.8 Å². The molecule has 7 nitrogen and oxygen atoms in total. The van der Waals surface area contributed by atoms with Gasteiger partial charge >= 0.3 is 0 Å². The van der Waals surface area contributed by atoms with Gasteiger partial charge in [0.25, 0.3) is 5.91 Å². The molecule has 0 aliphatic carbocycles. The average molecular weight is 366 g/mol. The summed E-state index contributed by atoms with van der Waals surface area (Å²) < 4.78 is 0. The SMILES string of the molecule is O=C([O-])c1ccc(C(=O)Nc2nc(-c3ccccc3)cs2)c(C(=O)[O-])c1. The highest BCUT2D eigenvalue weighted by Crippen LogP contribution is 2.25. The van der Waals surface area contributed by atoms with Crippen LogP contribution in [0.1, 0.15) is 31.1 Å². The zero-order chi connectivity index (χ0) is 18.7. The van der Waals surface area contributed by atoms with Crippen LogP contribution in [0.15, 0.2) is 53.9 Å². The van der Waals surface area contributed by atoms with Crippen molar-refractivity contribution >= 4 is 34.3 Å². The first-order valence-corrected chi connectivity index (χ1v) is 8.22. The van der Waals surface area contributed by atoms with Gasteiger partial charge in [0.1, 0.15) is 0 Å². The molecule has 0 aliphatic heterocycles. The number of aromatic nitrogens is 1. The minimum absolute atomic E-state index is 0.230. The number of aromatic carboxylic acids is 2. The lowest BCUT2D eigenvalue weighted by atomic mass is 10.0. The molecule has 0 atom stereocenters. The number of amides is 1. The molecule has 0 fully saturated rings. The van der Waals surface area contributed by atoms with Gasteiger partial charge in [0.05, 0.1) is 17.6 Å². The Morgan fingerprint density at radius 3 is 2.31 bits per heavy atom. The van der Waals surface area contributed by atoms with E-state index in [4.69, 9.17) is 0 Å². The highest BCUT2D eigenvalue weighted by atomic mass is 32.1. The molecule has 26 heavy (non-hydrogen) atoms. The Morgan fingerprint density at radius 1 is 0.923 bits per heavy atom. The quantitative estimate of drug-likeness (QED) is 0.712. The third kappa shape index (κ3) is 3.60. The van der Waals surface area contributed by atoms with E-state index in [-0.39, 0.29) is 16.3 Å². The fraction of sp³-hybridized carbons (Fsp3) is 0. The van der Waals surface area contributed by atoms with Gasteiger partial charge in [-0.2, -0.15) is 0 Å². The zero-order valence-corrected chi connectivity index (χ0v) is 13.9. The lowest BCUT2D eigenvalue weighted by molar-refractivity contribution is -0.255. The summed E-state index contributed by atoms with van der Waals surface area (Å²) in [6.07, 6.45) is 0. The van der Waals surface area contributed by atoms with Crippen molar-refractivity contribution in [3.05, 3.63) is 70.6 Å². The Bertz CT molecular complexity index is 998. The van der Waals surface area contributed by atoms with E-state index in [2.05, 4.69) is 10.3 Å². The van der Waals surface area contributed by atoms with Gasteiger partial charge in [-0.15, -0.1) is 11.3 Å². The van der Waals surface area contributed by atoms with E-state index in [1.54, 1.807) is 5.38 Å². The van der Waals surface area contributed by atoms with Crippen LogP contribution in [0.3, 0.4) is 0 Å². The van der Waals surface area contributed by atoms with E-state index in [0.29, 0.717) is 5.69 Å². The lowest BCUT2D eigenvalue weighted by Gasteiger charge is -2.12. The number of nitrogens with zero attached hydrogens (tertiary/aromatic N) is 1. The number of thiazole rings is 1. The Hall–Kier alpha value is -3.52. The van der Waals surface area contributed by atoms with Gasteiger partial charge in [-0.05, 0) is 17.7 Å². The number of hydrogen-bond acceptors (Lipinski definition) is 7. The molecule has 0 saturated heterocycles. The normalized spacial score (nSPS) is 10.3. The van der Waals surface area contributed by atoms with Crippen LogP contribution >= 0.6 is 11.3 Å². The second kappa shape index (κ2) is 7.16. The van der Waals surface area contributed by atoms with Gasteiger partial charge in [0.2, 0.25) is 0 Å². The number of carboxylic acid groups (broad SMARTS) is 2. The topological polar surface area (TPSA) is 122 Å². The number of anilines is 1. The molecule has 1 heterocycles. The smallest absolute Gasteiger partial charge is 0.258 e. The summed E-state index contributed by atoms with van der Waals surface area (Å²) in [6, 6.07) is 12.3. The van der Waals surface area contributed by atoms with Gasteiger partial charge in [-0.1, -0.05) is 36.4 Å². The monoisotopic (exact) mass is 366 g/mol. The Kier molecular flexibility index (Phi) is 4.76. The predicted octanol–water partition coefficient (Wildman–Crippen LogP) is 0.789. The summed E-state index contributed by atoms with van der Waals surface area (Å²) in [4.78, 5) is 38.7. The van der Waals surface area contributed by atoms with Gasteiger partial charge in [0, 0.05) is 22.1 Å². The maximum atomic E-state index is 12.4. The van der Waals surface area contributed by atoms with Crippen LogP contribution < -0.4 is 15.5 Å². The third-order valence-corrected chi connectivity index (χ3v) is 4.27. The Balaban J connectivity index is 1.86. The largest absolute Gasteiger partial charge is 0.545 e. The van der Waals surface area contributed by atoms with Gasteiger partial charge in [-0.3, -0.25) is 10.1 Å². The number of carbonyl (C=O) groups excluding carboxylic acids is 3. The highest BCUT2D eigenvalue weighted by Gasteiger charge is 2.15. The molecule has 3 rings (SSSR count). The molecule has 0 saturated carbocycles. The molecular weight excluding hydrogens is 356 g/mol. The summed E-state index contributed by atoms with van der Waals surface area (Å²) in [5, 5.41) is 26.6. The van der Waals surface area contributed by atoms with Crippen LogP contribution in [0.5, 0.6) is 0 Å². The molecule has 2 aromatic carbocycles. The Morgan fingerprint density at radius 2 is 1.65 bits per heavy atom. The number of carboxylic acids is 2. The molecule has 8 heteroatoms. The lowest BCUT2D eigenvalue weighted by Crippen LogP contribution is -2.28. The van der Waals surface area contributed by atoms with Crippen molar-refractivity contribution < 1.29 is 24.6 Å². The first kappa shape index (κ1) is 17.3. The summed E-state index contributed by atoms with van der Waals surface area (Å²) in [6.45, 7) is 0. The average Bonchev–Trinajstić information content (AvgIpc) is 3.10. The summed E-state index contributed by atoms with van der Waals surface area (Å²) in [5.41, 5.74) is 0.410. The Labute approximate surface area is 151 Å². The molecule has 1 N–H and O–H groups in total. The molecule has 1 aromatic heterocycles. The van der Waals surface area contributed by atoms with Crippen LogP contribution in [-0.4, -0.2) is 22.8 Å². The minimum Gasteiger partial charge on any atom is -0.545 e. The molecule has 0 spiro atoms. The van der Waals surface area contributed by atoms with Gasteiger partial charge in [-0.25, -0.2) is 4.98 Å². The summed E-state index contributed by atoms with van der Waals surface area (Å²) >= 11 is 1.18. The van der Waals surface area contributed by atoms with Gasteiger partial charge < -0.3 is 19.8 Å². The van der Waals surface area contributed by atoms with Crippen LogP contribution in [0.2, 0.25) is 0 Å². The van der Waals surface area contributed by atoms with Crippen molar-refractivity contribution in [2.75, 3.05) is 5.32 Å². The second-order valence-corrected chi connectivity index (χ2v) is 6.05. The standard InChI is InChI=1S/C18H12N2O5S/c21-15(12-7-6-11(16(22)23)8-13(12)17(24)25)20-18-19-14(9-26-18)10-4-2-1-3-5-10/h1-9H,(H,22,23)(H,24,25)(H,19,20,21)/p-2. The van der Waals surface area contributed by atoms with E-state index in [9.17, 15) is 24.6 Å². The molecule has 0 unspecified atom stereocenters.